The van der Waals surface area contributed by atoms with E-state index in [0.29, 0.717) is 11.3 Å². The van der Waals surface area contributed by atoms with Gasteiger partial charge in [0.05, 0.1) is 6.61 Å². The first-order chi connectivity index (χ1) is 9.69. The Morgan fingerprint density at radius 1 is 1.10 bits per heavy atom. The van der Waals surface area contributed by atoms with E-state index in [1.807, 2.05) is 0 Å². The van der Waals surface area contributed by atoms with Gasteiger partial charge in [0.1, 0.15) is 5.75 Å². The molecular formula is C16H15NO3. The van der Waals surface area contributed by atoms with Crippen LogP contribution in [0, 0.1) is 0 Å². The van der Waals surface area contributed by atoms with E-state index in [-0.39, 0.29) is 18.3 Å². The second-order valence-electron chi connectivity index (χ2n) is 4.23. The maximum absolute atomic E-state index is 11.8. The summed E-state index contributed by atoms with van der Waals surface area (Å²) in [5.74, 6) is -0.0950. The Balaban J connectivity index is 2.03. The number of nitrogens with one attached hydrogen (secondary N) is 1. The molecule has 4 nitrogen and oxygen atoms in total. The molecule has 0 aliphatic carbocycles. The van der Waals surface area contributed by atoms with Crippen LogP contribution in [0.1, 0.15) is 11.1 Å². The molecule has 4 heteroatoms. The summed E-state index contributed by atoms with van der Waals surface area (Å²) in [5, 5.41) is 21.0. The van der Waals surface area contributed by atoms with Crippen LogP contribution in [0.3, 0.4) is 0 Å². The number of aliphatic hydroxyl groups is 1. The molecule has 0 saturated carbocycles. The summed E-state index contributed by atoms with van der Waals surface area (Å²) in [6.45, 7) is -0.127. The van der Waals surface area contributed by atoms with Crippen molar-refractivity contribution in [2.75, 3.05) is 5.32 Å². The van der Waals surface area contributed by atoms with Gasteiger partial charge in [-0.25, -0.2) is 0 Å². The maximum atomic E-state index is 11.8. The molecule has 20 heavy (non-hydrogen) atoms. The van der Waals surface area contributed by atoms with Crippen molar-refractivity contribution in [2.45, 2.75) is 6.61 Å². The standard InChI is InChI=1S/C16H15NO3/c18-11-13-3-1-2-4-15(13)17-16(20)10-7-12-5-8-14(19)9-6-12/h1-10,18-19H,11H2,(H,17,20). The van der Waals surface area contributed by atoms with Crippen LogP contribution in [0.2, 0.25) is 0 Å². The molecule has 0 heterocycles. The molecule has 0 bridgehead atoms. The summed E-state index contributed by atoms with van der Waals surface area (Å²) >= 11 is 0. The summed E-state index contributed by atoms with van der Waals surface area (Å²) in [6.07, 6.45) is 3.05. The Morgan fingerprint density at radius 2 is 1.80 bits per heavy atom. The lowest BCUT2D eigenvalue weighted by Gasteiger charge is -2.06. The van der Waals surface area contributed by atoms with Gasteiger partial charge in [0.2, 0.25) is 5.91 Å². The normalized spacial score (nSPS) is 10.7. The number of hydrogen-bond donors (Lipinski definition) is 3. The molecular weight excluding hydrogens is 254 g/mol. The van der Waals surface area contributed by atoms with E-state index in [0.717, 1.165) is 5.56 Å². The monoisotopic (exact) mass is 269 g/mol. The van der Waals surface area contributed by atoms with Gasteiger partial charge in [-0.05, 0) is 29.8 Å². The largest absolute Gasteiger partial charge is 0.508 e. The van der Waals surface area contributed by atoms with Crippen LogP contribution in [0.15, 0.2) is 54.6 Å². The van der Waals surface area contributed by atoms with E-state index in [1.54, 1.807) is 54.6 Å². The first kappa shape index (κ1) is 13.8. The molecule has 2 aromatic carbocycles. The van der Waals surface area contributed by atoms with Crippen molar-refractivity contribution in [3.63, 3.8) is 0 Å². The van der Waals surface area contributed by atoms with E-state index in [4.69, 9.17) is 5.11 Å². The lowest BCUT2D eigenvalue weighted by molar-refractivity contribution is -0.111. The quantitative estimate of drug-likeness (QED) is 0.747. The molecule has 0 aliphatic rings. The van der Waals surface area contributed by atoms with Crippen molar-refractivity contribution in [1.29, 1.82) is 0 Å². The number of aromatic hydroxyl groups is 1. The first-order valence-electron chi connectivity index (χ1n) is 6.16. The fraction of sp³-hybridized carbons (Fsp3) is 0.0625. The summed E-state index contributed by atoms with van der Waals surface area (Å²) in [6, 6.07) is 13.6. The number of para-hydroxylation sites is 1. The number of benzene rings is 2. The van der Waals surface area contributed by atoms with Crippen molar-refractivity contribution in [1.82, 2.24) is 0 Å². The van der Waals surface area contributed by atoms with E-state index in [2.05, 4.69) is 5.32 Å². The van der Waals surface area contributed by atoms with E-state index < -0.39 is 0 Å². The highest BCUT2D eigenvalue weighted by molar-refractivity contribution is 6.02. The number of carbonyl (C=O) groups is 1. The molecule has 102 valence electrons. The Morgan fingerprint density at radius 3 is 2.50 bits per heavy atom. The van der Waals surface area contributed by atoms with Crippen molar-refractivity contribution >= 4 is 17.7 Å². The minimum absolute atomic E-state index is 0.127. The second kappa shape index (κ2) is 6.54. The first-order valence-corrected chi connectivity index (χ1v) is 6.16. The second-order valence-corrected chi connectivity index (χ2v) is 4.23. The third-order valence-electron chi connectivity index (χ3n) is 2.77. The summed E-state index contributed by atoms with van der Waals surface area (Å²) in [5.41, 5.74) is 2.07. The molecule has 0 saturated heterocycles. The highest BCUT2D eigenvalue weighted by Crippen LogP contribution is 2.15. The molecule has 0 radical (unpaired) electrons. The highest BCUT2D eigenvalue weighted by Gasteiger charge is 2.02. The Kier molecular flexibility index (Phi) is 4.52. The average molecular weight is 269 g/mol. The zero-order chi connectivity index (χ0) is 14.4. The van der Waals surface area contributed by atoms with Gasteiger partial charge < -0.3 is 15.5 Å². The van der Waals surface area contributed by atoms with Gasteiger partial charge in [0.25, 0.3) is 0 Å². The van der Waals surface area contributed by atoms with Crippen molar-refractivity contribution in [3.8, 4) is 5.75 Å². The minimum atomic E-state index is -0.279. The van der Waals surface area contributed by atoms with Crippen LogP contribution in [0.5, 0.6) is 5.75 Å². The lowest BCUT2D eigenvalue weighted by Crippen LogP contribution is -2.09. The van der Waals surface area contributed by atoms with Gasteiger partial charge in [0, 0.05) is 17.3 Å². The Hall–Kier alpha value is -2.59. The van der Waals surface area contributed by atoms with E-state index in [9.17, 15) is 9.90 Å². The van der Waals surface area contributed by atoms with Gasteiger partial charge in [-0.2, -0.15) is 0 Å². The lowest BCUT2D eigenvalue weighted by atomic mass is 10.2. The van der Waals surface area contributed by atoms with E-state index >= 15 is 0 Å². The average Bonchev–Trinajstić information content (AvgIpc) is 2.47. The maximum Gasteiger partial charge on any atom is 0.248 e. The van der Waals surface area contributed by atoms with Crippen molar-refractivity contribution in [3.05, 3.63) is 65.7 Å². The zero-order valence-corrected chi connectivity index (χ0v) is 10.8. The molecule has 0 fully saturated rings. The van der Waals surface area contributed by atoms with Crippen LogP contribution < -0.4 is 5.32 Å². The van der Waals surface area contributed by atoms with Crippen LogP contribution >= 0.6 is 0 Å². The van der Waals surface area contributed by atoms with E-state index in [1.165, 1.54) is 6.08 Å². The van der Waals surface area contributed by atoms with Crippen LogP contribution in [0.4, 0.5) is 5.69 Å². The zero-order valence-electron chi connectivity index (χ0n) is 10.8. The minimum Gasteiger partial charge on any atom is -0.508 e. The van der Waals surface area contributed by atoms with Gasteiger partial charge in [-0.15, -0.1) is 0 Å². The van der Waals surface area contributed by atoms with Crippen LogP contribution in [-0.2, 0) is 11.4 Å². The third kappa shape index (κ3) is 3.70. The van der Waals surface area contributed by atoms with Gasteiger partial charge in [0.15, 0.2) is 0 Å². The molecule has 2 rings (SSSR count). The molecule has 0 spiro atoms. The SMILES string of the molecule is O=C(C=Cc1ccc(O)cc1)Nc1ccccc1CO. The molecule has 0 aliphatic heterocycles. The van der Waals surface area contributed by atoms with Crippen LogP contribution in [-0.4, -0.2) is 16.1 Å². The number of anilines is 1. The number of phenolic OH excluding ortho intramolecular Hbond substituents is 1. The number of aliphatic hydroxyl groups excluding tert-OH is 1. The number of amides is 1. The Bertz CT molecular complexity index is 618. The fourth-order valence-electron chi connectivity index (χ4n) is 1.71. The predicted octanol–water partition coefficient (Wildman–Crippen LogP) is 2.54. The molecule has 0 atom stereocenters. The topological polar surface area (TPSA) is 69.6 Å². The number of hydrogen-bond acceptors (Lipinski definition) is 3. The molecule has 0 unspecified atom stereocenters. The summed E-state index contributed by atoms with van der Waals surface area (Å²) < 4.78 is 0. The van der Waals surface area contributed by atoms with Crippen LogP contribution in [0.25, 0.3) is 6.08 Å². The number of rotatable bonds is 4. The number of carbonyl (C=O) groups excluding carboxylic acids is 1. The number of phenols is 1. The van der Waals surface area contributed by atoms with Crippen molar-refractivity contribution in [2.24, 2.45) is 0 Å². The van der Waals surface area contributed by atoms with Gasteiger partial charge in [-0.1, -0.05) is 30.3 Å². The molecule has 3 N–H and O–H groups in total. The summed E-state index contributed by atoms with van der Waals surface area (Å²) in [4.78, 5) is 11.8. The van der Waals surface area contributed by atoms with Crippen molar-refractivity contribution < 1.29 is 15.0 Å². The third-order valence-corrected chi connectivity index (χ3v) is 2.77. The summed E-state index contributed by atoms with van der Waals surface area (Å²) in [7, 11) is 0. The van der Waals surface area contributed by atoms with Gasteiger partial charge in [-0.3, -0.25) is 4.79 Å². The molecule has 0 aromatic heterocycles. The molecule has 1 amide bonds. The molecule has 2 aromatic rings. The Labute approximate surface area is 117 Å². The fourth-order valence-corrected chi connectivity index (χ4v) is 1.71. The predicted molar refractivity (Wildman–Crippen MR) is 78.1 cm³/mol. The van der Waals surface area contributed by atoms with Gasteiger partial charge >= 0.3 is 0 Å². The highest BCUT2D eigenvalue weighted by atomic mass is 16.3. The smallest absolute Gasteiger partial charge is 0.248 e.